The molecule has 4 heterocycles. The Morgan fingerprint density at radius 1 is 1.28 bits per heavy atom. The van der Waals surface area contributed by atoms with Gasteiger partial charge in [0.25, 0.3) is 5.91 Å². The first kappa shape index (κ1) is 15.7. The summed E-state index contributed by atoms with van der Waals surface area (Å²) >= 11 is 6.97. The third-order valence-electron chi connectivity index (χ3n) is 5.68. The maximum absolute atomic E-state index is 12.8. The zero-order valence-corrected chi connectivity index (χ0v) is 17.1. The summed E-state index contributed by atoms with van der Waals surface area (Å²) in [7, 11) is 0. The summed E-state index contributed by atoms with van der Waals surface area (Å²) in [6, 6.07) is 11.4. The molecule has 5 rings (SSSR count). The number of carbonyl (C=O) groups excluding carboxylic acids is 1. The molecular formula is C22H20ClN3O2S. The van der Waals surface area contributed by atoms with E-state index in [1.54, 1.807) is 6.07 Å². The SMILES string of the molecule is [2H]C([2H])([2H])/C(=C1\SC(N2CCC3(CC2)OCc2ccccc23)=NC1=O)c1ccc(Cl)nc1. The minimum Gasteiger partial charge on any atom is -0.365 e. The summed E-state index contributed by atoms with van der Waals surface area (Å²) in [4.78, 5) is 23.1. The van der Waals surface area contributed by atoms with Crippen LogP contribution in [0.4, 0.5) is 0 Å². The fourth-order valence-corrected chi connectivity index (χ4v) is 5.19. The average Bonchev–Trinajstić information content (AvgIpc) is 3.31. The minimum absolute atomic E-state index is 0.0445. The number of allylic oxidation sites excluding steroid dienone is 1. The zero-order valence-electron chi connectivity index (χ0n) is 18.5. The van der Waals surface area contributed by atoms with E-state index in [2.05, 4.69) is 22.1 Å². The molecule has 1 amide bonds. The van der Waals surface area contributed by atoms with Gasteiger partial charge in [-0.05, 0) is 59.8 Å². The summed E-state index contributed by atoms with van der Waals surface area (Å²) < 4.78 is 30.2. The van der Waals surface area contributed by atoms with Crippen LogP contribution in [-0.2, 0) is 21.7 Å². The lowest BCUT2D eigenvalue weighted by molar-refractivity contribution is -0.113. The normalized spacial score (nSPS) is 24.0. The molecule has 3 aliphatic heterocycles. The largest absolute Gasteiger partial charge is 0.365 e. The van der Waals surface area contributed by atoms with Gasteiger partial charge in [0.05, 0.1) is 17.1 Å². The third-order valence-corrected chi connectivity index (χ3v) is 7.02. The second-order valence-electron chi connectivity index (χ2n) is 7.30. The molecule has 0 aliphatic carbocycles. The number of carbonyl (C=O) groups is 1. The quantitative estimate of drug-likeness (QED) is 0.490. The molecule has 0 N–H and O–H groups in total. The van der Waals surface area contributed by atoms with E-state index in [4.69, 9.17) is 20.5 Å². The van der Waals surface area contributed by atoms with E-state index in [0.717, 1.165) is 24.6 Å². The lowest BCUT2D eigenvalue weighted by Crippen LogP contribution is -2.44. The van der Waals surface area contributed by atoms with E-state index in [1.165, 1.54) is 23.4 Å². The number of rotatable bonds is 1. The van der Waals surface area contributed by atoms with E-state index < -0.39 is 12.8 Å². The van der Waals surface area contributed by atoms with Gasteiger partial charge in [0, 0.05) is 23.4 Å². The highest BCUT2D eigenvalue weighted by molar-refractivity contribution is 8.18. The molecule has 5 nitrogen and oxygen atoms in total. The number of likely N-dealkylation sites (tertiary alicyclic amines) is 1. The van der Waals surface area contributed by atoms with Gasteiger partial charge in [0.2, 0.25) is 0 Å². The number of amidine groups is 1. The molecule has 0 atom stereocenters. The highest BCUT2D eigenvalue weighted by Crippen LogP contribution is 2.45. The van der Waals surface area contributed by atoms with Gasteiger partial charge in [0.1, 0.15) is 5.15 Å². The van der Waals surface area contributed by atoms with Crippen molar-refractivity contribution < 1.29 is 13.6 Å². The van der Waals surface area contributed by atoms with Crippen LogP contribution in [0.5, 0.6) is 0 Å². The number of nitrogens with zero attached hydrogens (tertiary/aromatic N) is 3. The summed E-state index contributed by atoms with van der Waals surface area (Å²) in [5.41, 5.74) is 2.48. The maximum Gasteiger partial charge on any atom is 0.286 e. The topological polar surface area (TPSA) is 54.8 Å². The lowest BCUT2D eigenvalue weighted by Gasteiger charge is -2.39. The van der Waals surface area contributed by atoms with E-state index >= 15 is 0 Å². The summed E-state index contributed by atoms with van der Waals surface area (Å²) in [6.45, 7) is -0.529. The first-order chi connectivity index (χ1) is 15.3. The number of ether oxygens (including phenoxy) is 1. The fraction of sp³-hybridized carbons (Fsp3) is 0.318. The molecule has 3 aliphatic rings. The van der Waals surface area contributed by atoms with Crippen molar-refractivity contribution in [2.45, 2.75) is 31.9 Å². The molecule has 148 valence electrons. The molecule has 0 unspecified atom stereocenters. The molecule has 1 spiro atoms. The molecular weight excluding hydrogens is 406 g/mol. The van der Waals surface area contributed by atoms with Gasteiger partial charge in [-0.15, -0.1) is 0 Å². The summed E-state index contributed by atoms with van der Waals surface area (Å²) in [5, 5.41) is 0.790. The minimum atomic E-state index is -2.49. The monoisotopic (exact) mass is 428 g/mol. The van der Waals surface area contributed by atoms with Crippen LogP contribution in [0.1, 0.15) is 40.5 Å². The fourth-order valence-electron chi connectivity index (χ4n) is 4.10. The number of thioether (sulfide) groups is 1. The van der Waals surface area contributed by atoms with Gasteiger partial charge in [-0.3, -0.25) is 4.79 Å². The maximum atomic E-state index is 12.8. The molecule has 0 bridgehead atoms. The number of hydrogen-bond acceptors (Lipinski definition) is 5. The van der Waals surface area contributed by atoms with E-state index in [0.29, 0.717) is 30.4 Å². The Balaban J connectivity index is 1.38. The number of amides is 1. The molecule has 7 heteroatoms. The Kier molecular flexibility index (Phi) is 3.93. The predicted octanol–water partition coefficient (Wildman–Crippen LogP) is 4.62. The number of aliphatic imine (C=N–C) groups is 1. The smallest absolute Gasteiger partial charge is 0.286 e. The van der Waals surface area contributed by atoms with Crippen molar-refractivity contribution in [2.75, 3.05) is 13.1 Å². The van der Waals surface area contributed by atoms with Gasteiger partial charge in [0.15, 0.2) is 5.17 Å². The molecule has 1 saturated heterocycles. The number of fused-ring (bicyclic) bond motifs is 2. The highest BCUT2D eigenvalue weighted by Gasteiger charge is 2.43. The Morgan fingerprint density at radius 3 is 2.86 bits per heavy atom. The molecule has 1 fully saturated rings. The van der Waals surface area contributed by atoms with Crippen molar-refractivity contribution in [3.63, 3.8) is 0 Å². The Labute approximate surface area is 183 Å². The molecule has 29 heavy (non-hydrogen) atoms. The van der Waals surface area contributed by atoms with Crippen molar-refractivity contribution in [3.05, 3.63) is 69.3 Å². The number of pyridine rings is 1. The highest BCUT2D eigenvalue weighted by atomic mass is 35.5. The van der Waals surface area contributed by atoms with Gasteiger partial charge in [-0.25, -0.2) is 4.98 Å². The van der Waals surface area contributed by atoms with Crippen molar-refractivity contribution in [1.82, 2.24) is 9.88 Å². The van der Waals surface area contributed by atoms with Crippen molar-refractivity contribution in [1.29, 1.82) is 0 Å². The second-order valence-corrected chi connectivity index (χ2v) is 8.67. The van der Waals surface area contributed by atoms with E-state index in [-0.39, 0.29) is 21.2 Å². The number of benzene rings is 1. The molecule has 2 aromatic rings. The molecule has 0 saturated carbocycles. The number of hydrogen-bond donors (Lipinski definition) is 0. The van der Waals surface area contributed by atoms with Crippen LogP contribution in [0, 0.1) is 0 Å². The molecule has 1 aromatic carbocycles. The van der Waals surface area contributed by atoms with Crippen LogP contribution in [0.3, 0.4) is 0 Å². The first-order valence-electron chi connectivity index (χ1n) is 10.9. The molecule has 1 aromatic heterocycles. The molecule has 0 radical (unpaired) electrons. The van der Waals surface area contributed by atoms with Crippen molar-refractivity contribution >= 4 is 40.0 Å². The van der Waals surface area contributed by atoms with Crippen LogP contribution in [0.25, 0.3) is 5.57 Å². The van der Waals surface area contributed by atoms with Gasteiger partial charge in [-0.1, -0.05) is 41.9 Å². The van der Waals surface area contributed by atoms with E-state index in [1.807, 2.05) is 17.0 Å². The number of piperidine rings is 1. The number of halogens is 1. The van der Waals surface area contributed by atoms with Gasteiger partial charge in [-0.2, -0.15) is 4.99 Å². The lowest BCUT2D eigenvalue weighted by atomic mass is 9.84. The average molecular weight is 429 g/mol. The predicted molar refractivity (Wildman–Crippen MR) is 116 cm³/mol. The third kappa shape index (κ3) is 3.29. The first-order valence-corrected chi connectivity index (χ1v) is 10.6. The van der Waals surface area contributed by atoms with Crippen LogP contribution >= 0.6 is 23.4 Å². The van der Waals surface area contributed by atoms with Crippen molar-refractivity contribution in [2.24, 2.45) is 4.99 Å². The van der Waals surface area contributed by atoms with Gasteiger partial charge >= 0.3 is 0 Å². The second kappa shape index (κ2) is 7.27. The van der Waals surface area contributed by atoms with E-state index in [9.17, 15) is 4.79 Å². The van der Waals surface area contributed by atoms with Crippen LogP contribution in [0.15, 0.2) is 52.5 Å². The zero-order chi connectivity index (χ0) is 22.5. The van der Waals surface area contributed by atoms with Gasteiger partial charge < -0.3 is 9.64 Å². The van der Waals surface area contributed by atoms with Crippen LogP contribution < -0.4 is 0 Å². The Hall–Kier alpha value is -2.15. The number of aromatic nitrogens is 1. The summed E-state index contributed by atoms with van der Waals surface area (Å²) in [6.07, 6.45) is 2.94. The van der Waals surface area contributed by atoms with Crippen molar-refractivity contribution in [3.8, 4) is 0 Å². The Bertz CT molecular complexity index is 1140. The Morgan fingerprint density at radius 2 is 2.10 bits per heavy atom. The summed E-state index contributed by atoms with van der Waals surface area (Å²) in [5.74, 6) is -0.533. The van der Waals surface area contributed by atoms with Crippen LogP contribution in [0.2, 0.25) is 5.15 Å². The standard InChI is InChI=1S/C22H20ClN3O2S/c1-14(15-6-7-18(23)24-12-15)19-20(27)25-21(29-19)26-10-8-22(9-11-26)17-5-3-2-4-16(17)13-28-22/h2-7,12H,8-11,13H2,1H3/b19-14+/i1D3. The van der Waals surface area contributed by atoms with Crippen LogP contribution in [-0.4, -0.2) is 34.0 Å².